The number of aromatic nitrogens is 2. The molecule has 88 valence electrons. The Morgan fingerprint density at radius 1 is 1.24 bits per heavy atom. The Balaban J connectivity index is 2.08. The van der Waals surface area contributed by atoms with E-state index in [1.807, 2.05) is 0 Å². The van der Waals surface area contributed by atoms with Crippen LogP contribution in [0.4, 0.5) is 0 Å². The number of hydrogen-bond acceptors (Lipinski definition) is 4. The third kappa shape index (κ3) is 3.15. The third-order valence-electron chi connectivity index (χ3n) is 2.18. The summed E-state index contributed by atoms with van der Waals surface area (Å²) < 4.78 is 5.46. The van der Waals surface area contributed by atoms with Gasteiger partial charge in [-0.25, -0.2) is 0 Å². The molecule has 1 atom stereocenters. The number of rotatable bonds is 4. The van der Waals surface area contributed by atoms with E-state index in [4.69, 9.17) is 16.3 Å². The van der Waals surface area contributed by atoms with Crippen molar-refractivity contribution in [1.82, 2.24) is 10.2 Å². The predicted molar refractivity (Wildman–Crippen MR) is 64.2 cm³/mol. The normalized spacial score (nSPS) is 12.1. The number of alkyl halides is 1. The highest BCUT2D eigenvalue weighted by molar-refractivity contribution is 6.18. The molecule has 0 radical (unpaired) electrons. The van der Waals surface area contributed by atoms with E-state index in [1.54, 1.807) is 42.6 Å². The number of nitrogens with zero attached hydrogens (tertiary/aromatic N) is 2. The van der Waals surface area contributed by atoms with Crippen LogP contribution in [-0.4, -0.2) is 21.2 Å². The molecule has 4 nitrogen and oxygen atoms in total. The second-order valence-electron chi connectivity index (χ2n) is 3.40. The van der Waals surface area contributed by atoms with Crippen molar-refractivity contribution in [1.29, 1.82) is 0 Å². The van der Waals surface area contributed by atoms with Crippen LogP contribution in [0.25, 0.3) is 0 Å². The Labute approximate surface area is 104 Å². The van der Waals surface area contributed by atoms with Crippen LogP contribution in [-0.2, 0) is 0 Å². The molecule has 0 saturated carbocycles. The van der Waals surface area contributed by atoms with E-state index in [1.165, 1.54) is 0 Å². The Morgan fingerprint density at radius 2 is 2.00 bits per heavy atom. The van der Waals surface area contributed by atoms with Gasteiger partial charge in [0.15, 0.2) is 0 Å². The van der Waals surface area contributed by atoms with Gasteiger partial charge in [0, 0.05) is 12.3 Å². The highest BCUT2D eigenvalue weighted by Crippen LogP contribution is 2.21. The standard InChI is InChI=1S/C12H11ClN2O2/c13-8-11(16)9-3-5-10(6-4-9)17-12-2-1-7-14-15-12/h1-7,11,16H,8H2. The SMILES string of the molecule is OC(CCl)c1ccc(Oc2cccnn2)cc1. The first kappa shape index (κ1) is 11.8. The van der Waals surface area contributed by atoms with E-state index in [0.717, 1.165) is 5.56 Å². The van der Waals surface area contributed by atoms with Crippen LogP contribution in [0.2, 0.25) is 0 Å². The van der Waals surface area contributed by atoms with Crippen LogP contribution in [0, 0.1) is 0 Å². The van der Waals surface area contributed by atoms with Gasteiger partial charge in [-0.3, -0.25) is 0 Å². The molecule has 1 N–H and O–H groups in total. The maximum atomic E-state index is 9.51. The van der Waals surface area contributed by atoms with Crippen molar-refractivity contribution >= 4 is 11.6 Å². The molecule has 1 aromatic carbocycles. The summed E-state index contributed by atoms with van der Waals surface area (Å²) in [5.74, 6) is 1.24. The molecule has 0 aliphatic carbocycles. The number of aliphatic hydroxyl groups excluding tert-OH is 1. The number of hydrogen-bond donors (Lipinski definition) is 1. The molecule has 0 saturated heterocycles. The first-order valence-electron chi connectivity index (χ1n) is 5.09. The van der Waals surface area contributed by atoms with Crippen molar-refractivity contribution in [2.75, 3.05) is 5.88 Å². The smallest absolute Gasteiger partial charge is 0.238 e. The average Bonchev–Trinajstić information content (AvgIpc) is 2.40. The second kappa shape index (κ2) is 5.61. The van der Waals surface area contributed by atoms with Crippen LogP contribution >= 0.6 is 11.6 Å². The van der Waals surface area contributed by atoms with Gasteiger partial charge in [-0.2, -0.15) is 5.10 Å². The van der Waals surface area contributed by atoms with Gasteiger partial charge in [0.05, 0.1) is 12.0 Å². The molecule has 1 unspecified atom stereocenters. The van der Waals surface area contributed by atoms with E-state index in [-0.39, 0.29) is 5.88 Å². The largest absolute Gasteiger partial charge is 0.438 e. The van der Waals surface area contributed by atoms with E-state index >= 15 is 0 Å². The lowest BCUT2D eigenvalue weighted by Crippen LogP contribution is -1.98. The fraction of sp³-hybridized carbons (Fsp3) is 0.167. The summed E-state index contributed by atoms with van der Waals surface area (Å²) in [4.78, 5) is 0. The zero-order valence-corrected chi connectivity index (χ0v) is 9.71. The van der Waals surface area contributed by atoms with Gasteiger partial charge >= 0.3 is 0 Å². The molecule has 2 aromatic rings. The lowest BCUT2D eigenvalue weighted by Gasteiger charge is -2.08. The molecule has 0 aliphatic rings. The Bertz CT molecular complexity index is 462. The first-order valence-corrected chi connectivity index (χ1v) is 5.62. The Hall–Kier alpha value is -1.65. The quantitative estimate of drug-likeness (QED) is 0.848. The summed E-state index contributed by atoms with van der Waals surface area (Å²) in [5, 5.41) is 17.0. The van der Waals surface area contributed by atoms with Crippen LogP contribution < -0.4 is 4.74 Å². The fourth-order valence-electron chi connectivity index (χ4n) is 1.31. The molecule has 1 aromatic heterocycles. The minimum Gasteiger partial charge on any atom is -0.438 e. The van der Waals surface area contributed by atoms with Gasteiger partial charge in [-0.1, -0.05) is 12.1 Å². The number of ether oxygens (including phenoxy) is 1. The van der Waals surface area contributed by atoms with Crippen molar-refractivity contribution in [3.05, 3.63) is 48.2 Å². The lowest BCUT2D eigenvalue weighted by molar-refractivity contribution is 0.202. The summed E-state index contributed by atoms with van der Waals surface area (Å²) >= 11 is 5.56. The number of aliphatic hydroxyl groups is 1. The van der Waals surface area contributed by atoms with Crippen molar-refractivity contribution < 1.29 is 9.84 Å². The number of halogens is 1. The van der Waals surface area contributed by atoms with Gasteiger partial charge in [-0.05, 0) is 23.8 Å². The van der Waals surface area contributed by atoms with E-state index < -0.39 is 6.10 Å². The van der Waals surface area contributed by atoms with Gasteiger partial charge in [0.2, 0.25) is 5.88 Å². The average molecular weight is 251 g/mol. The minimum atomic E-state index is -0.651. The predicted octanol–water partition coefficient (Wildman–Crippen LogP) is 2.54. The molecule has 2 rings (SSSR count). The van der Waals surface area contributed by atoms with Crippen molar-refractivity contribution in [3.8, 4) is 11.6 Å². The summed E-state index contributed by atoms with van der Waals surface area (Å²) in [6, 6.07) is 10.5. The van der Waals surface area contributed by atoms with E-state index in [9.17, 15) is 5.11 Å². The van der Waals surface area contributed by atoms with E-state index in [0.29, 0.717) is 11.6 Å². The van der Waals surface area contributed by atoms with Crippen LogP contribution in [0.5, 0.6) is 11.6 Å². The maximum Gasteiger partial charge on any atom is 0.238 e. The summed E-state index contributed by atoms with van der Waals surface area (Å²) in [7, 11) is 0. The molecule has 17 heavy (non-hydrogen) atoms. The number of benzene rings is 1. The molecule has 0 fully saturated rings. The molecule has 1 heterocycles. The molecule has 0 spiro atoms. The molecular weight excluding hydrogens is 240 g/mol. The third-order valence-corrected chi connectivity index (χ3v) is 2.47. The van der Waals surface area contributed by atoms with Gasteiger partial charge in [-0.15, -0.1) is 16.7 Å². The summed E-state index contributed by atoms with van der Waals surface area (Å²) in [6.45, 7) is 0. The van der Waals surface area contributed by atoms with Gasteiger partial charge < -0.3 is 9.84 Å². The highest BCUT2D eigenvalue weighted by Gasteiger charge is 2.05. The van der Waals surface area contributed by atoms with Gasteiger partial charge in [0.25, 0.3) is 0 Å². The van der Waals surface area contributed by atoms with E-state index in [2.05, 4.69) is 10.2 Å². The van der Waals surface area contributed by atoms with Crippen molar-refractivity contribution in [3.63, 3.8) is 0 Å². The molecule has 5 heteroatoms. The minimum absolute atomic E-state index is 0.171. The summed E-state index contributed by atoms with van der Waals surface area (Å²) in [6.07, 6.45) is 0.925. The van der Waals surface area contributed by atoms with Crippen LogP contribution in [0.3, 0.4) is 0 Å². The molecule has 0 bridgehead atoms. The maximum absolute atomic E-state index is 9.51. The van der Waals surface area contributed by atoms with Crippen LogP contribution in [0.1, 0.15) is 11.7 Å². The topological polar surface area (TPSA) is 55.2 Å². The van der Waals surface area contributed by atoms with Crippen molar-refractivity contribution in [2.24, 2.45) is 0 Å². The van der Waals surface area contributed by atoms with Crippen LogP contribution in [0.15, 0.2) is 42.6 Å². The van der Waals surface area contributed by atoms with Gasteiger partial charge in [0.1, 0.15) is 5.75 Å². The van der Waals surface area contributed by atoms with Crippen molar-refractivity contribution in [2.45, 2.75) is 6.10 Å². The Kier molecular flexibility index (Phi) is 3.90. The molecule has 0 amide bonds. The lowest BCUT2D eigenvalue weighted by atomic mass is 10.1. The monoisotopic (exact) mass is 250 g/mol. The molecule has 0 aliphatic heterocycles. The first-order chi connectivity index (χ1) is 8.29. The fourth-order valence-corrected chi connectivity index (χ4v) is 1.49. The zero-order valence-electron chi connectivity index (χ0n) is 8.95. The Morgan fingerprint density at radius 3 is 2.59 bits per heavy atom. The second-order valence-corrected chi connectivity index (χ2v) is 3.71. The molecular formula is C12H11ClN2O2. The summed E-state index contributed by atoms with van der Waals surface area (Å²) in [5.41, 5.74) is 0.756. The highest BCUT2D eigenvalue weighted by atomic mass is 35.5. The zero-order chi connectivity index (χ0) is 12.1.